The number of carbonyl (C=O) groups excluding carboxylic acids is 2. The molecule has 0 aromatic carbocycles. The number of aliphatic hydroxyl groups excluding tert-OH is 6. The van der Waals surface area contributed by atoms with E-state index in [1.165, 1.54) is 25.3 Å². The Morgan fingerprint density at radius 2 is 1.00 bits per heavy atom. The van der Waals surface area contributed by atoms with Gasteiger partial charge in [-0.3, -0.25) is 18.6 Å². The molecule has 1 rings (SSSR count). The minimum atomic E-state index is -5.21. The number of phosphoric acid groups is 1. The molecule has 382 valence electrons. The molecule has 15 heteroatoms. The Morgan fingerprint density at radius 1 is 0.544 bits per heavy atom. The third-order valence-electron chi connectivity index (χ3n) is 10.1. The number of hydrogen-bond acceptors (Lipinski definition) is 13. The van der Waals surface area contributed by atoms with Gasteiger partial charge >= 0.3 is 19.8 Å². The molecule has 4 unspecified atom stereocenters. The second-order valence-corrected chi connectivity index (χ2v) is 17.5. The molecule has 1 saturated carbocycles. The van der Waals surface area contributed by atoms with E-state index in [1.54, 1.807) is 18.2 Å². The molecule has 0 saturated heterocycles. The Labute approximate surface area is 405 Å². The van der Waals surface area contributed by atoms with Crippen LogP contribution in [0.15, 0.2) is 134 Å². The minimum absolute atomic E-state index is 0.0203. The SMILES string of the molecule is CC/C=C\C/C=C\C/C=C\C/C=C\C/C=C\C=C/C(O)CCC(=O)OC[C@H](COP(=O)(O)OC1[C@H](O)[C@H](O)C(O)[C@H](O)[C@H]1O)OC(=O)CC/C=C\C/C=C\C/C=C\C/C=C\C/C=C\CCCCC. The summed E-state index contributed by atoms with van der Waals surface area (Å²) in [7, 11) is -5.21. The molecular formula is C53H81O14P. The smallest absolute Gasteiger partial charge is 0.462 e. The van der Waals surface area contributed by atoms with E-state index in [0.717, 1.165) is 51.4 Å². The monoisotopic (exact) mass is 973 g/mol. The molecular weight excluding hydrogens is 892 g/mol. The molecule has 1 aliphatic rings. The van der Waals surface area contributed by atoms with E-state index in [0.29, 0.717) is 19.3 Å². The molecule has 0 amide bonds. The number of rotatable bonds is 37. The molecule has 0 aromatic heterocycles. The minimum Gasteiger partial charge on any atom is -0.462 e. The van der Waals surface area contributed by atoms with E-state index < -0.39 is 81.8 Å². The molecule has 68 heavy (non-hydrogen) atoms. The standard InChI is InChI=1S/C53H81O14P/c1-3-5-7-9-11-13-15-17-19-21-22-23-25-27-29-31-33-35-37-39-47(56)66-45(43-65-68(62,63)67-53-51(60)49(58)48(57)50(59)52(53)61)42-64-46(55)41-40-44(54)38-36-34-32-30-28-26-24-20-18-16-14-12-10-8-6-4-2/h6,8,11-14,17-20,22-23,26-29,32-36,38,44-45,48-54,57-61H,3-5,7,9-10,15-16,21,24-25,30-31,37,39-43H2,1-2H3,(H,62,63)/b8-6-,13-11-,14-12-,19-17-,20-18-,23-22-,28-26-,29-27-,34-32-,35-33-,38-36-/t44?,45-,48?,49-,50+,51-,52-,53?/m1/s1. The van der Waals surface area contributed by atoms with Gasteiger partial charge in [0.05, 0.1) is 12.7 Å². The summed E-state index contributed by atoms with van der Waals surface area (Å²) < 4.78 is 33.3. The van der Waals surface area contributed by atoms with Crippen LogP contribution in [-0.4, -0.2) is 110 Å². The lowest BCUT2D eigenvalue weighted by Gasteiger charge is -2.41. The molecule has 14 nitrogen and oxygen atoms in total. The number of aliphatic hydroxyl groups is 6. The van der Waals surface area contributed by atoms with Gasteiger partial charge in [-0.05, 0) is 83.5 Å². The van der Waals surface area contributed by atoms with Gasteiger partial charge in [0.15, 0.2) is 6.10 Å². The molecule has 0 bridgehead atoms. The summed E-state index contributed by atoms with van der Waals surface area (Å²) in [5.41, 5.74) is 0. The Hall–Kier alpha value is -4.05. The maximum Gasteiger partial charge on any atom is 0.472 e. The summed E-state index contributed by atoms with van der Waals surface area (Å²) in [6, 6.07) is 0. The maximum atomic E-state index is 12.8. The first-order valence-electron chi connectivity index (χ1n) is 24.1. The van der Waals surface area contributed by atoms with Gasteiger partial charge in [-0.1, -0.05) is 160 Å². The third-order valence-corrected chi connectivity index (χ3v) is 11.1. The Kier molecular flexibility index (Phi) is 37.2. The van der Waals surface area contributed by atoms with Crippen molar-refractivity contribution in [1.29, 1.82) is 0 Å². The lowest BCUT2D eigenvalue weighted by atomic mass is 9.85. The summed E-state index contributed by atoms with van der Waals surface area (Å²) in [6.07, 6.45) is 42.6. The Bertz CT molecular complexity index is 1710. The lowest BCUT2D eigenvalue weighted by molar-refractivity contribution is -0.220. The summed E-state index contributed by atoms with van der Waals surface area (Å²) in [5.74, 6) is -1.49. The van der Waals surface area contributed by atoms with Crippen molar-refractivity contribution in [3.05, 3.63) is 134 Å². The van der Waals surface area contributed by atoms with E-state index in [9.17, 15) is 49.7 Å². The highest BCUT2D eigenvalue weighted by atomic mass is 31.2. The van der Waals surface area contributed by atoms with Crippen LogP contribution in [0.2, 0.25) is 0 Å². The number of esters is 2. The molecule has 9 atom stereocenters. The number of carbonyl (C=O) groups is 2. The fraction of sp³-hybridized carbons (Fsp3) is 0.547. The van der Waals surface area contributed by atoms with Crippen molar-refractivity contribution in [2.75, 3.05) is 13.2 Å². The third kappa shape index (κ3) is 32.7. The van der Waals surface area contributed by atoms with Gasteiger partial charge in [0.2, 0.25) is 0 Å². The molecule has 0 aliphatic heterocycles. The highest BCUT2D eigenvalue weighted by Gasteiger charge is 2.51. The normalized spacial score (nSPS) is 22.7. The van der Waals surface area contributed by atoms with Gasteiger partial charge in [-0.25, -0.2) is 4.57 Å². The van der Waals surface area contributed by atoms with Crippen LogP contribution in [0.5, 0.6) is 0 Å². The highest BCUT2D eigenvalue weighted by Crippen LogP contribution is 2.47. The number of ether oxygens (including phenoxy) is 2. The molecule has 1 aliphatic carbocycles. The molecule has 0 radical (unpaired) electrons. The fourth-order valence-electron chi connectivity index (χ4n) is 6.20. The molecule has 0 aromatic rings. The van der Waals surface area contributed by atoms with Crippen LogP contribution in [0.25, 0.3) is 0 Å². The van der Waals surface area contributed by atoms with E-state index in [-0.39, 0.29) is 19.3 Å². The summed E-state index contributed by atoms with van der Waals surface area (Å²) in [6.45, 7) is 2.87. The zero-order valence-corrected chi connectivity index (χ0v) is 41.1. The molecule has 7 N–H and O–H groups in total. The van der Waals surface area contributed by atoms with Crippen molar-refractivity contribution in [2.45, 2.75) is 172 Å². The second kappa shape index (κ2) is 40.8. The van der Waals surface area contributed by atoms with Crippen molar-refractivity contribution in [3.8, 4) is 0 Å². The zero-order chi connectivity index (χ0) is 50.1. The van der Waals surface area contributed by atoms with Crippen LogP contribution in [0, 0.1) is 0 Å². The first-order valence-corrected chi connectivity index (χ1v) is 25.6. The van der Waals surface area contributed by atoms with Crippen molar-refractivity contribution in [1.82, 2.24) is 0 Å². The second-order valence-electron chi connectivity index (χ2n) is 16.1. The number of phosphoric ester groups is 1. The van der Waals surface area contributed by atoms with Crippen LogP contribution in [0.4, 0.5) is 0 Å². The number of hydrogen-bond donors (Lipinski definition) is 7. The predicted molar refractivity (Wildman–Crippen MR) is 268 cm³/mol. The zero-order valence-electron chi connectivity index (χ0n) is 40.2. The number of unbranched alkanes of at least 4 members (excludes halogenated alkanes) is 3. The predicted octanol–water partition coefficient (Wildman–Crippen LogP) is 8.91. The largest absolute Gasteiger partial charge is 0.472 e. The molecule has 0 heterocycles. The molecule has 1 fully saturated rings. The van der Waals surface area contributed by atoms with Crippen LogP contribution < -0.4 is 0 Å². The van der Waals surface area contributed by atoms with Crippen LogP contribution in [0.3, 0.4) is 0 Å². The fourth-order valence-corrected chi connectivity index (χ4v) is 7.17. The Balaban J connectivity index is 2.61. The van der Waals surface area contributed by atoms with E-state index >= 15 is 0 Å². The van der Waals surface area contributed by atoms with Crippen LogP contribution >= 0.6 is 7.82 Å². The highest BCUT2D eigenvalue weighted by molar-refractivity contribution is 7.47. The van der Waals surface area contributed by atoms with Crippen LogP contribution in [-0.2, 0) is 32.7 Å². The van der Waals surface area contributed by atoms with Crippen molar-refractivity contribution in [2.24, 2.45) is 0 Å². The van der Waals surface area contributed by atoms with E-state index in [2.05, 4.69) is 92.8 Å². The van der Waals surface area contributed by atoms with Gasteiger partial charge in [0.25, 0.3) is 0 Å². The van der Waals surface area contributed by atoms with Gasteiger partial charge in [-0.2, -0.15) is 0 Å². The topological polar surface area (TPSA) is 230 Å². The summed E-state index contributed by atoms with van der Waals surface area (Å²) in [4.78, 5) is 35.7. The lowest BCUT2D eigenvalue weighted by Crippen LogP contribution is -2.64. The van der Waals surface area contributed by atoms with Crippen molar-refractivity contribution >= 4 is 19.8 Å². The average Bonchev–Trinajstić information content (AvgIpc) is 3.32. The van der Waals surface area contributed by atoms with Gasteiger partial charge in [-0.15, -0.1) is 0 Å². The van der Waals surface area contributed by atoms with E-state index in [1.807, 2.05) is 30.4 Å². The van der Waals surface area contributed by atoms with Gasteiger partial charge in [0.1, 0.15) is 43.2 Å². The number of allylic oxidation sites excluding steroid dienone is 21. The maximum absolute atomic E-state index is 12.8. The average molecular weight is 973 g/mol. The first kappa shape index (κ1) is 62.0. The van der Waals surface area contributed by atoms with Gasteiger partial charge < -0.3 is 45.0 Å². The summed E-state index contributed by atoms with van der Waals surface area (Å²) >= 11 is 0. The molecule has 0 spiro atoms. The first-order chi connectivity index (χ1) is 32.8. The Morgan fingerprint density at radius 3 is 1.50 bits per heavy atom. The summed E-state index contributed by atoms with van der Waals surface area (Å²) in [5, 5.41) is 60.5. The quantitative estimate of drug-likeness (QED) is 0.0101. The van der Waals surface area contributed by atoms with Gasteiger partial charge in [0, 0.05) is 12.8 Å². The van der Waals surface area contributed by atoms with Crippen molar-refractivity contribution in [3.63, 3.8) is 0 Å². The van der Waals surface area contributed by atoms with Crippen LogP contribution in [0.1, 0.15) is 123 Å². The van der Waals surface area contributed by atoms with E-state index in [4.69, 9.17) is 18.5 Å². The van der Waals surface area contributed by atoms with Crippen molar-refractivity contribution < 1.29 is 68.2 Å².